The van der Waals surface area contributed by atoms with Gasteiger partial charge in [0.25, 0.3) is 0 Å². The minimum absolute atomic E-state index is 0.401. The predicted molar refractivity (Wildman–Crippen MR) is 49.5 cm³/mol. The van der Waals surface area contributed by atoms with E-state index < -0.39 is 5.06 Å². The normalized spacial score (nSPS) is 19.8. The van der Waals surface area contributed by atoms with Gasteiger partial charge in [0.2, 0.25) is 0 Å². The Morgan fingerprint density at radius 2 is 1.83 bits per heavy atom. The molecule has 1 nitrogen and oxygen atoms in total. The Labute approximate surface area is 77.3 Å². The lowest BCUT2D eigenvalue weighted by Crippen LogP contribution is -2.36. The van der Waals surface area contributed by atoms with E-state index in [-0.39, 0.29) is 0 Å². The zero-order valence-electron chi connectivity index (χ0n) is 6.79. The highest BCUT2D eigenvalue weighted by atomic mass is 35.5. The van der Waals surface area contributed by atoms with Gasteiger partial charge >= 0.3 is 0 Å². The summed E-state index contributed by atoms with van der Waals surface area (Å²) in [5.74, 6) is 0.868. The van der Waals surface area contributed by atoms with E-state index in [0.717, 1.165) is 18.6 Å². The second kappa shape index (κ2) is 2.98. The standard InChI is InChI=1S/C10H11ClO/c11-10(7-4-8-10)12-9-5-2-1-3-6-9/h1-3,5-6H,4,7-8H2. The lowest BCUT2D eigenvalue weighted by molar-refractivity contribution is 0.0757. The van der Waals surface area contributed by atoms with Crippen LogP contribution in [0.25, 0.3) is 0 Å². The van der Waals surface area contributed by atoms with Crippen LogP contribution in [-0.4, -0.2) is 5.06 Å². The highest BCUT2D eigenvalue weighted by Gasteiger charge is 2.36. The van der Waals surface area contributed by atoms with Crippen LogP contribution in [0, 0.1) is 0 Å². The van der Waals surface area contributed by atoms with Crippen molar-refractivity contribution in [2.24, 2.45) is 0 Å². The van der Waals surface area contributed by atoms with Gasteiger partial charge in [-0.1, -0.05) is 29.8 Å². The molecule has 0 aliphatic heterocycles. The van der Waals surface area contributed by atoms with Crippen molar-refractivity contribution in [2.45, 2.75) is 24.3 Å². The van der Waals surface area contributed by atoms with Crippen LogP contribution in [0.2, 0.25) is 0 Å². The minimum atomic E-state index is -0.401. The lowest BCUT2D eigenvalue weighted by atomic mass is 9.95. The Balaban J connectivity index is 2.04. The fourth-order valence-electron chi connectivity index (χ4n) is 1.26. The zero-order valence-corrected chi connectivity index (χ0v) is 7.55. The SMILES string of the molecule is ClC1(Oc2ccccc2)CCC1. The van der Waals surface area contributed by atoms with Crippen LogP contribution < -0.4 is 4.74 Å². The molecule has 64 valence electrons. The second-order valence-electron chi connectivity index (χ2n) is 3.15. The van der Waals surface area contributed by atoms with Gasteiger partial charge in [0, 0.05) is 12.8 Å². The van der Waals surface area contributed by atoms with Gasteiger partial charge in [-0.2, -0.15) is 0 Å². The summed E-state index contributed by atoms with van der Waals surface area (Å²) >= 11 is 6.12. The van der Waals surface area contributed by atoms with Crippen molar-refractivity contribution in [1.82, 2.24) is 0 Å². The molecule has 0 heterocycles. The highest BCUT2D eigenvalue weighted by Crippen LogP contribution is 2.39. The molecule has 1 aromatic carbocycles. The Morgan fingerprint density at radius 3 is 2.33 bits per heavy atom. The number of benzene rings is 1. The second-order valence-corrected chi connectivity index (χ2v) is 3.84. The van der Waals surface area contributed by atoms with E-state index in [2.05, 4.69) is 0 Å². The molecular weight excluding hydrogens is 172 g/mol. The van der Waals surface area contributed by atoms with E-state index in [9.17, 15) is 0 Å². The van der Waals surface area contributed by atoms with Gasteiger partial charge in [0.1, 0.15) is 5.75 Å². The van der Waals surface area contributed by atoms with Gasteiger partial charge < -0.3 is 4.74 Å². The topological polar surface area (TPSA) is 9.23 Å². The molecule has 2 heteroatoms. The number of ether oxygens (including phenoxy) is 1. The third-order valence-corrected chi connectivity index (χ3v) is 2.60. The highest BCUT2D eigenvalue weighted by molar-refractivity contribution is 6.23. The van der Waals surface area contributed by atoms with Crippen LogP contribution in [0.15, 0.2) is 30.3 Å². The smallest absolute Gasteiger partial charge is 0.182 e. The van der Waals surface area contributed by atoms with Crippen molar-refractivity contribution in [3.05, 3.63) is 30.3 Å². The van der Waals surface area contributed by atoms with Crippen molar-refractivity contribution in [3.63, 3.8) is 0 Å². The molecular formula is C10H11ClO. The molecule has 0 amide bonds. The van der Waals surface area contributed by atoms with E-state index in [1.54, 1.807) is 0 Å². The van der Waals surface area contributed by atoms with Crippen molar-refractivity contribution < 1.29 is 4.74 Å². The van der Waals surface area contributed by atoms with E-state index in [1.165, 1.54) is 6.42 Å². The van der Waals surface area contributed by atoms with Gasteiger partial charge in [-0.15, -0.1) is 0 Å². The van der Waals surface area contributed by atoms with Crippen LogP contribution in [0.5, 0.6) is 5.75 Å². The van der Waals surface area contributed by atoms with Gasteiger partial charge in [-0.25, -0.2) is 0 Å². The average molecular weight is 183 g/mol. The summed E-state index contributed by atoms with van der Waals surface area (Å²) in [7, 11) is 0. The minimum Gasteiger partial charge on any atom is -0.472 e. The Bertz CT molecular complexity index is 254. The van der Waals surface area contributed by atoms with Gasteiger partial charge in [-0.05, 0) is 18.6 Å². The molecule has 2 rings (SSSR count). The molecule has 0 bridgehead atoms. The van der Waals surface area contributed by atoms with Gasteiger partial charge in [-0.3, -0.25) is 0 Å². The number of hydrogen-bond donors (Lipinski definition) is 0. The first-order chi connectivity index (χ1) is 5.79. The molecule has 0 spiro atoms. The summed E-state index contributed by atoms with van der Waals surface area (Å²) in [4.78, 5) is 0. The monoisotopic (exact) mass is 182 g/mol. The summed E-state index contributed by atoms with van der Waals surface area (Å²) < 4.78 is 5.60. The number of para-hydroxylation sites is 1. The van der Waals surface area contributed by atoms with Gasteiger partial charge in [0.05, 0.1) is 0 Å². The summed E-state index contributed by atoms with van der Waals surface area (Å²) in [6.45, 7) is 0. The van der Waals surface area contributed by atoms with Crippen molar-refractivity contribution in [2.75, 3.05) is 0 Å². The first-order valence-electron chi connectivity index (χ1n) is 4.22. The molecule has 0 aromatic heterocycles. The zero-order chi connectivity index (χ0) is 8.44. The predicted octanol–water partition coefficient (Wildman–Crippen LogP) is 3.18. The summed E-state index contributed by atoms with van der Waals surface area (Å²) in [5, 5.41) is -0.401. The third kappa shape index (κ3) is 1.56. The first kappa shape index (κ1) is 7.93. The van der Waals surface area contributed by atoms with Crippen LogP contribution >= 0.6 is 11.6 Å². The molecule has 1 aliphatic rings. The third-order valence-electron chi connectivity index (χ3n) is 2.14. The molecule has 0 atom stereocenters. The molecule has 0 unspecified atom stereocenters. The maximum absolute atomic E-state index is 6.12. The maximum Gasteiger partial charge on any atom is 0.182 e. The average Bonchev–Trinajstić information content (AvgIpc) is 2.04. The van der Waals surface area contributed by atoms with Crippen LogP contribution in [0.1, 0.15) is 19.3 Å². The molecule has 1 saturated carbocycles. The van der Waals surface area contributed by atoms with E-state index in [1.807, 2.05) is 30.3 Å². The first-order valence-corrected chi connectivity index (χ1v) is 4.59. The van der Waals surface area contributed by atoms with E-state index >= 15 is 0 Å². The van der Waals surface area contributed by atoms with Crippen LogP contribution in [-0.2, 0) is 0 Å². The largest absolute Gasteiger partial charge is 0.472 e. The van der Waals surface area contributed by atoms with Crippen LogP contribution in [0.4, 0.5) is 0 Å². The fourth-order valence-corrected chi connectivity index (χ4v) is 1.61. The quantitative estimate of drug-likeness (QED) is 0.639. The molecule has 1 fully saturated rings. The van der Waals surface area contributed by atoms with Crippen LogP contribution in [0.3, 0.4) is 0 Å². The molecule has 0 saturated heterocycles. The molecule has 12 heavy (non-hydrogen) atoms. The fraction of sp³-hybridized carbons (Fsp3) is 0.400. The Hall–Kier alpha value is -0.690. The summed E-state index contributed by atoms with van der Waals surface area (Å²) in [5.41, 5.74) is 0. The number of alkyl halides is 1. The van der Waals surface area contributed by atoms with Crippen molar-refractivity contribution in [1.29, 1.82) is 0 Å². The summed E-state index contributed by atoms with van der Waals surface area (Å²) in [6, 6.07) is 9.74. The molecule has 0 radical (unpaired) electrons. The summed E-state index contributed by atoms with van der Waals surface area (Å²) in [6.07, 6.45) is 3.10. The van der Waals surface area contributed by atoms with Crippen molar-refractivity contribution in [3.8, 4) is 5.75 Å². The molecule has 0 N–H and O–H groups in total. The lowest BCUT2D eigenvalue weighted by Gasteiger charge is -2.35. The molecule has 1 aromatic rings. The Kier molecular flexibility index (Phi) is 1.97. The van der Waals surface area contributed by atoms with Gasteiger partial charge in [0.15, 0.2) is 5.06 Å². The Morgan fingerprint density at radius 1 is 1.17 bits per heavy atom. The number of rotatable bonds is 2. The van der Waals surface area contributed by atoms with E-state index in [0.29, 0.717) is 0 Å². The maximum atomic E-state index is 6.12. The molecule has 1 aliphatic carbocycles. The number of hydrogen-bond acceptors (Lipinski definition) is 1. The van der Waals surface area contributed by atoms with Crippen molar-refractivity contribution >= 4 is 11.6 Å². The number of halogens is 1. The van der Waals surface area contributed by atoms with E-state index in [4.69, 9.17) is 16.3 Å².